The topological polar surface area (TPSA) is 120 Å². The van der Waals surface area contributed by atoms with Crippen molar-refractivity contribution in [2.75, 3.05) is 0 Å². The Bertz CT molecular complexity index is 606. The second-order valence-electron chi connectivity index (χ2n) is 4.85. The van der Waals surface area contributed by atoms with E-state index < -0.39 is 53.2 Å². The summed E-state index contributed by atoms with van der Waals surface area (Å²) < 4.78 is 101. The molecule has 0 heterocycles. The van der Waals surface area contributed by atoms with E-state index in [9.17, 15) is 69.2 Å². The minimum absolute atomic E-state index is 0. The van der Waals surface area contributed by atoms with Gasteiger partial charge in [0, 0.05) is 0 Å². The van der Waals surface area contributed by atoms with Crippen LogP contribution < -0.4 is 15.3 Å². The minimum atomic E-state index is -4.92. The standard InChI is InChI=1S/3C5H5F3O2.Fe/c3*1-3(9)2-4(10)5(6,7)8;/h3*2,10H,1H3;/q;;;+3/p-3/b3*4-2+;. The maximum absolute atomic E-state index is 11.3. The monoisotopic (exact) mass is 515 g/mol. The Morgan fingerprint density at radius 2 is 0.645 bits per heavy atom. The molecule has 0 aromatic rings. The van der Waals surface area contributed by atoms with E-state index in [2.05, 4.69) is 0 Å². The molecule has 179 valence electrons. The van der Waals surface area contributed by atoms with Gasteiger partial charge in [0.1, 0.15) is 0 Å². The van der Waals surface area contributed by atoms with E-state index in [-0.39, 0.29) is 35.3 Å². The van der Waals surface area contributed by atoms with Gasteiger partial charge < -0.3 is 15.3 Å². The van der Waals surface area contributed by atoms with Gasteiger partial charge in [0.25, 0.3) is 0 Å². The number of ketones is 3. The van der Waals surface area contributed by atoms with Crippen LogP contribution in [0.3, 0.4) is 0 Å². The minimum Gasteiger partial charge on any atom is -0.869 e. The summed E-state index contributed by atoms with van der Waals surface area (Å²) in [5, 5.41) is 29.6. The van der Waals surface area contributed by atoms with Crippen LogP contribution in [-0.4, -0.2) is 35.9 Å². The number of carbonyl (C=O) groups excluding carboxylic acids is 3. The zero-order valence-corrected chi connectivity index (χ0v) is 16.5. The van der Waals surface area contributed by atoms with Crippen LogP contribution in [0.2, 0.25) is 0 Å². The largest absolute Gasteiger partial charge is 3.00 e. The molecule has 0 aliphatic heterocycles. The fraction of sp³-hybridized carbons (Fsp3) is 0.400. The number of alkyl halides is 9. The first-order valence-corrected chi connectivity index (χ1v) is 6.91. The number of halogens is 9. The molecular formula is C15H12F9FeO6. The Hall–Kier alpha value is -2.48. The summed E-state index contributed by atoms with van der Waals surface area (Å²) in [7, 11) is 0. The van der Waals surface area contributed by atoms with Crippen LogP contribution in [0.15, 0.2) is 35.5 Å². The van der Waals surface area contributed by atoms with E-state index in [0.29, 0.717) is 0 Å². The number of hydrogen-bond donors (Lipinski definition) is 0. The van der Waals surface area contributed by atoms with Crippen molar-refractivity contribution in [2.45, 2.75) is 39.3 Å². The average Bonchev–Trinajstić information content (AvgIpc) is 2.43. The Kier molecular flexibility index (Phi) is 16.8. The predicted octanol–water partition coefficient (Wildman–Crippen LogP) is 1.14. The van der Waals surface area contributed by atoms with E-state index >= 15 is 0 Å². The summed E-state index contributed by atoms with van der Waals surface area (Å²) in [4.78, 5) is 29.8. The van der Waals surface area contributed by atoms with Gasteiger partial charge in [-0.05, 0) is 56.3 Å². The van der Waals surface area contributed by atoms with Gasteiger partial charge in [-0.1, -0.05) is 0 Å². The third kappa shape index (κ3) is 23.7. The number of carbonyl (C=O) groups is 3. The fourth-order valence-electron chi connectivity index (χ4n) is 0.799. The van der Waals surface area contributed by atoms with Gasteiger partial charge in [-0.15, -0.1) is 0 Å². The van der Waals surface area contributed by atoms with Crippen molar-refractivity contribution in [3.63, 3.8) is 0 Å². The second-order valence-corrected chi connectivity index (χ2v) is 4.85. The molecule has 6 nitrogen and oxygen atoms in total. The van der Waals surface area contributed by atoms with Crippen LogP contribution in [-0.2, 0) is 31.5 Å². The summed E-state index contributed by atoms with van der Waals surface area (Å²) in [6.07, 6.45) is -14.7. The van der Waals surface area contributed by atoms with Crippen LogP contribution in [0.4, 0.5) is 39.5 Å². The van der Waals surface area contributed by atoms with Crippen molar-refractivity contribution in [3.8, 4) is 0 Å². The van der Waals surface area contributed by atoms with Crippen LogP contribution in [0.5, 0.6) is 0 Å². The van der Waals surface area contributed by atoms with Crippen LogP contribution in [0.1, 0.15) is 20.8 Å². The zero-order valence-electron chi connectivity index (χ0n) is 15.4. The van der Waals surface area contributed by atoms with Gasteiger partial charge in [0.15, 0.2) is 17.3 Å². The Morgan fingerprint density at radius 1 is 0.516 bits per heavy atom. The maximum Gasteiger partial charge on any atom is 3.00 e. The quantitative estimate of drug-likeness (QED) is 0.241. The van der Waals surface area contributed by atoms with Crippen molar-refractivity contribution < 1.29 is 86.3 Å². The molecule has 0 unspecified atom stereocenters. The molecule has 0 saturated carbocycles. The summed E-state index contributed by atoms with van der Waals surface area (Å²) in [5.74, 6) is -9.04. The van der Waals surface area contributed by atoms with Gasteiger partial charge in [-0.2, -0.15) is 39.5 Å². The molecule has 0 amide bonds. The van der Waals surface area contributed by atoms with E-state index in [0.717, 1.165) is 20.8 Å². The van der Waals surface area contributed by atoms with E-state index in [1.165, 1.54) is 0 Å². The first kappa shape index (κ1) is 35.9. The average molecular weight is 515 g/mol. The molecule has 16 heteroatoms. The zero-order chi connectivity index (χ0) is 25.1. The van der Waals surface area contributed by atoms with E-state index in [1.807, 2.05) is 0 Å². The van der Waals surface area contributed by atoms with Crippen molar-refractivity contribution in [1.82, 2.24) is 0 Å². The molecule has 31 heavy (non-hydrogen) atoms. The van der Waals surface area contributed by atoms with Gasteiger partial charge in [-0.3, -0.25) is 14.4 Å². The normalized spacial score (nSPS) is 13.0. The molecule has 0 fully saturated rings. The summed E-state index contributed by atoms with van der Waals surface area (Å²) >= 11 is 0. The second kappa shape index (κ2) is 14.5. The Morgan fingerprint density at radius 3 is 0.677 bits per heavy atom. The molecule has 0 aromatic heterocycles. The molecule has 0 aliphatic rings. The summed E-state index contributed by atoms with van der Waals surface area (Å²) in [5.41, 5.74) is 0. The molecule has 0 N–H and O–H groups in total. The molecule has 0 saturated heterocycles. The SMILES string of the molecule is CC(=O)/C=C(/[O-])C(F)(F)F.CC(=O)/C=C(/[O-])C(F)(F)F.CC(=O)/C=C(/[O-])C(F)(F)F.[Fe+3]. The summed E-state index contributed by atoms with van der Waals surface area (Å²) in [6, 6.07) is 0. The van der Waals surface area contributed by atoms with E-state index in [4.69, 9.17) is 0 Å². The van der Waals surface area contributed by atoms with Crippen molar-refractivity contribution in [1.29, 1.82) is 0 Å². The van der Waals surface area contributed by atoms with Crippen LogP contribution >= 0.6 is 0 Å². The fourth-order valence-corrected chi connectivity index (χ4v) is 0.799. The number of rotatable bonds is 3. The molecule has 0 rings (SSSR count). The van der Waals surface area contributed by atoms with Crippen LogP contribution in [0, 0.1) is 0 Å². The first-order valence-electron chi connectivity index (χ1n) is 6.91. The molecule has 0 aliphatic carbocycles. The van der Waals surface area contributed by atoms with Gasteiger partial charge in [-0.25, -0.2) is 0 Å². The molecule has 0 atom stereocenters. The summed E-state index contributed by atoms with van der Waals surface area (Å²) in [6.45, 7) is 2.64. The number of hydrogen-bond acceptors (Lipinski definition) is 6. The third-order valence-corrected chi connectivity index (χ3v) is 1.84. The molecule has 0 bridgehead atoms. The molecule has 0 spiro atoms. The smallest absolute Gasteiger partial charge is 0.869 e. The Labute approximate surface area is 179 Å². The molecule has 0 aromatic carbocycles. The van der Waals surface area contributed by atoms with Crippen molar-refractivity contribution in [2.24, 2.45) is 0 Å². The van der Waals surface area contributed by atoms with Gasteiger partial charge in [0.05, 0.1) is 0 Å². The maximum atomic E-state index is 11.3. The van der Waals surface area contributed by atoms with Gasteiger partial charge >= 0.3 is 35.6 Å². The van der Waals surface area contributed by atoms with Gasteiger partial charge in [0.2, 0.25) is 0 Å². The third-order valence-electron chi connectivity index (χ3n) is 1.84. The van der Waals surface area contributed by atoms with Crippen molar-refractivity contribution in [3.05, 3.63) is 35.5 Å². The van der Waals surface area contributed by atoms with E-state index in [1.54, 1.807) is 0 Å². The Balaban J connectivity index is -0.000000174. The van der Waals surface area contributed by atoms with Crippen molar-refractivity contribution >= 4 is 17.3 Å². The van der Waals surface area contributed by atoms with Crippen LogP contribution in [0.25, 0.3) is 0 Å². The molecule has 1 radical (unpaired) electrons. The number of allylic oxidation sites excluding steroid dienone is 6. The molecular weight excluding hydrogens is 503 g/mol. The predicted molar refractivity (Wildman–Crippen MR) is 74.5 cm³/mol. The first-order chi connectivity index (χ1) is 13.0.